The van der Waals surface area contributed by atoms with Crippen molar-refractivity contribution in [2.75, 3.05) is 20.1 Å². The van der Waals surface area contributed by atoms with Crippen LogP contribution in [0.4, 0.5) is 4.79 Å². The highest BCUT2D eigenvalue weighted by atomic mass is 79.9. The first-order chi connectivity index (χ1) is 12.1. The number of rotatable bonds is 2. The minimum atomic E-state index is 0.187. The van der Waals surface area contributed by atoms with Crippen molar-refractivity contribution < 1.29 is 4.79 Å². The van der Waals surface area contributed by atoms with E-state index in [-0.39, 0.29) is 6.03 Å². The molecule has 1 aromatic heterocycles. The molecule has 1 aromatic rings. The van der Waals surface area contributed by atoms with Crippen LogP contribution in [0.5, 0.6) is 0 Å². The normalized spacial score (nSPS) is 20.3. The topological polar surface area (TPSA) is 36.4 Å². The summed E-state index contributed by atoms with van der Waals surface area (Å²) in [6, 6.07) is 2.78. The van der Waals surface area contributed by atoms with E-state index in [1.165, 1.54) is 29.6 Å². The van der Waals surface area contributed by atoms with Gasteiger partial charge < -0.3 is 9.80 Å². The van der Waals surface area contributed by atoms with E-state index in [1.54, 1.807) is 0 Å². The quantitative estimate of drug-likeness (QED) is 0.735. The van der Waals surface area contributed by atoms with Crippen LogP contribution in [0.3, 0.4) is 0 Å². The highest BCUT2D eigenvalue weighted by Crippen LogP contribution is 2.36. The number of aromatic nitrogens is 1. The van der Waals surface area contributed by atoms with Gasteiger partial charge in [-0.15, -0.1) is 0 Å². The molecule has 1 saturated carbocycles. The fraction of sp³-hybridized carbons (Fsp3) is 0.500. The maximum Gasteiger partial charge on any atom is 0.320 e. The molecule has 25 heavy (non-hydrogen) atoms. The Kier molecular flexibility index (Phi) is 4.67. The fourth-order valence-corrected chi connectivity index (χ4v) is 4.57. The zero-order valence-electron chi connectivity index (χ0n) is 14.7. The molecule has 2 amide bonds. The van der Waals surface area contributed by atoms with Crippen LogP contribution >= 0.6 is 15.9 Å². The van der Waals surface area contributed by atoms with Crippen molar-refractivity contribution in [2.45, 2.75) is 44.6 Å². The second-order valence-corrected chi connectivity index (χ2v) is 8.14. The molecule has 3 aliphatic rings. The Morgan fingerprint density at radius 1 is 1.32 bits per heavy atom. The van der Waals surface area contributed by atoms with Crippen molar-refractivity contribution >= 4 is 27.5 Å². The molecule has 0 bridgehead atoms. The number of carbonyl (C=O) groups is 1. The molecule has 2 aliphatic carbocycles. The Morgan fingerprint density at radius 2 is 2.12 bits per heavy atom. The van der Waals surface area contributed by atoms with E-state index < -0.39 is 0 Å². The van der Waals surface area contributed by atoms with Crippen LogP contribution in [0, 0.1) is 0 Å². The molecule has 0 N–H and O–H groups in total. The van der Waals surface area contributed by atoms with Gasteiger partial charge in [-0.2, -0.15) is 0 Å². The minimum absolute atomic E-state index is 0.187. The van der Waals surface area contributed by atoms with Crippen LogP contribution in [0.1, 0.15) is 43.4 Å². The summed E-state index contributed by atoms with van der Waals surface area (Å²) < 4.78 is 1.02. The molecule has 4 rings (SSSR count). The summed E-state index contributed by atoms with van der Waals surface area (Å²) >= 11 is 3.53. The van der Waals surface area contributed by atoms with Gasteiger partial charge in [0, 0.05) is 48.8 Å². The molecular weight excluding hydrogens is 378 g/mol. The molecule has 4 nitrogen and oxygen atoms in total. The third kappa shape index (κ3) is 3.26. The number of halogens is 1. The maximum absolute atomic E-state index is 12.7. The summed E-state index contributed by atoms with van der Waals surface area (Å²) in [7, 11) is 1.97. The molecule has 0 aromatic carbocycles. The van der Waals surface area contributed by atoms with E-state index >= 15 is 0 Å². The molecule has 132 valence electrons. The van der Waals surface area contributed by atoms with Crippen LogP contribution in [-0.4, -0.2) is 47.0 Å². The summed E-state index contributed by atoms with van der Waals surface area (Å²) in [4.78, 5) is 21.2. The van der Waals surface area contributed by atoms with Crippen LogP contribution in [0.15, 0.2) is 34.5 Å². The average Bonchev–Trinajstić information content (AvgIpc) is 3.30. The van der Waals surface area contributed by atoms with Gasteiger partial charge in [0.1, 0.15) is 0 Å². The van der Waals surface area contributed by atoms with E-state index in [0.29, 0.717) is 12.6 Å². The van der Waals surface area contributed by atoms with Crippen molar-refractivity contribution in [3.8, 4) is 0 Å². The molecule has 1 fully saturated rings. The number of urea groups is 1. The SMILES string of the molecule is CN(C(=O)N1CC=C(C2=CCc3ncc(Br)cc32)CC1)C1CCCC1. The number of hydrogen-bond donors (Lipinski definition) is 0. The monoisotopic (exact) mass is 401 g/mol. The minimum Gasteiger partial charge on any atom is -0.325 e. The number of pyridine rings is 1. The first kappa shape index (κ1) is 16.8. The molecule has 0 spiro atoms. The molecule has 0 unspecified atom stereocenters. The lowest BCUT2D eigenvalue weighted by Crippen LogP contribution is -2.46. The summed E-state index contributed by atoms with van der Waals surface area (Å²) in [5, 5.41) is 0. The van der Waals surface area contributed by atoms with Gasteiger partial charge in [0.15, 0.2) is 0 Å². The van der Waals surface area contributed by atoms with Crippen molar-refractivity contribution in [3.63, 3.8) is 0 Å². The van der Waals surface area contributed by atoms with Crippen LogP contribution in [0.2, 0.25) is 0 Å². The van der Waals surface area contributed by atoms with E-state index in [0.717, 1.165) is 42.4 Å². The van der Waals surface area contributed by atoms with Gasteiger partial charge in [-0.1, -0.05) is 25.0 Å². The highest BCUT2D eigenvalue weighted by Gasteiger charge is 2.29. The van der Waals surface area contributed by atoms with E-state index in [4.69, 9.17) is 0 Å². The van der Waals surface area contributed by atoms with Gasteiger partial charge >= 0.3 is 6.03 Å². The average molecular weight is 402 g/mol. The molecular formula is C20H24BrN3O. The molecule has 1 aliphatic heterocycles. The summed E-state index contributed by atoms with van der Waals surface area (Å²) in [5.74, 6) is 0. The summed E-state index contributed by atoms with van der Waals surface area (Å²) in [6.45, 7) is 1.51. The first-order valence-corrected chi connectivity index (χ1v) is 9.99. The number of nitrogens with zero attached hydrogens (tertiary/aromatic N) is 3. The Labute approximate surface area is 157 Å². The van der Waals surface area contributed by atoms with E-state index in [1.807, 2.05) is 23.0 Å². The van der Waals surface area contributed by atoms with Crippen molar-refractivity contribution in [2.24, 2.45) is 0 Å². The zero-order chi connectivity index (χ0) is 17.4. The standard InChI is InChI=1S/C20H24BrN3O/c1-23(16-4-2-3-5-16)20(25)24-10-8-14(9-11-24)17-6-7-19-18(17)12-15(21)13-22-19/h6,8,12-13,16H,2-5,7,9-11H2,1H3. The predicted octanol–water partition coefficient (Wildman–Crippen LogP) is 4.41. The Morgan fingerprint density at radius 3 is 2.84 bits per heavy atom. The number of fused-ring (bicyclic) bond motifs is 1. The lowest BCUT2D eigenvalue weighted by Gasteiger charge is -2.33. The Balaban J connectivity index is 1.45. The number of hydrogen-bond acceptors (Lipinski definition) is 2. The second-order valence-electron chi connectivity index (χ2n) is 7.23. The molecule has 2 heterocycles. The van der Waals surface area contributed by atoms with E-state index in [2.05, 4.69) is 39.1 Å². The van der Waals surface area contributed by atoms with Crippen molar-refractivity contribution in [1.29, 1.82) is 0 Å². The van der Waals surface area contributed by atoms with Gasteiger partial charge in [-0.25, -0.2) is 4.79 Å². The lowest BCUT2D eigenvalue weighted by atomic mass is 9.96. The van der Waals surface area contributed by atoms with Crippen LogP contribution < -0.4 is 0 Å². The Bertz CT molecular complexity index is 749. The molecule has 0 atom stereocenters. The summed E-state index contributed by atoms with van der Waals surface area (Å²) in [6.07, 6.45) is 13.0. The number of carbonyl (C=O) groups excluding carboxylic acids is 1. The first-order valence-electron chi connectivity index (χ1n) is 9.19. The van der Waals surface area contributed by atoms with Gasteiger partial charge in [-0.3, -0.25) is 4.98 Å². The van der Waals surface area contributed by atoms with Gasteiger partial charge in [0.25, 0.3) is 0 Å². The van der Waals surface area contributed by atoms with Gasteiger partial charge in [-0.05, 0) is 52.4 Å². The fourth-order valence-electron chi connectivity index (χ4n) is 4.23. The smallest absolute Gasteiger partial charge is 0.320 e. The van der Waals surface area contributed by atoms with Crippen molar-refractivity contribution in [1.82, 2.24) is 14.8 Å². The largest absolute Gasteiger partial charge is 0.325 e. The second kappa shape index (κ2) is 6.94. The predicted molar refractivity (Wildman–Crippen MR) is 103 cm³/mol. The van der Waals surface area contributed by atoms with Gasteiger partial charge in [0.05, 0.1) is 5.69 Å². The number of allylic oxidation sites excluding steroid dienone is 2. The number of amides is 2. The zero-order valence-corrected chi connectivity index (χ0v) is 16.3. The van der Waals surface area contributed by atoms with Gasteiger partial charge in [0.2, 0.25) is 0 Å². The highest BCUT2D eigenvalue weighted by molar-refractivity contribution is 9.10. The van der Waals surface area contributed by atoms with Crippen LogP contribution in [-0.2, 0) is 6.42 Å². The Hall–Kier alpha value is -1.62. The van der Waals surface area contributed by atoms with E-state index in [9.17, 15) is 4.79 Å². The maximum atomic E-state index is 12.7. The van der Waals surface area contributed by atoms with Crippen LogP contribution in [0.25, 0.3) is 5.57 Å². The lowest BCUT2D eigenvalue weighted by molar-refractivity contribution is 0.150. The molecule has 0 saturated heterocycles. The summed E-state index contributed by atoms with van der Waals surface area (Å²) in [5.41, 5.74) is 5.05. The molecule has 0 radical (unpaired) electrons. The third-order valence-corrected chi connectivity index (χ3v) is 6.16. The third-order valence-electron chi connectivity index (χ3n) is 5.73. The molecule has 5 heteroatoms. The van der Waals surface area contributed by atoms with Crippen molar-refractivity contribution in [3.05, 3.63) is 45.7 Å².